The molecule has 3 aromatic heterocycles. The van der Waals surface area contributed by atoms with Gasteiger partial charge < -0.3 is 25.8 Å². The monoisotopic (exact) mass is 928 g/mol. The highest BCUT2D eigenvalue weighted by Crippen LogP contribution is 2.40. The summed E-state index contributed by atoms with van der Waals surface area (Å²) < 4.78 is 0. The number of aromatic nitrogens is 3. The Kier molecular flexibility index (Phi) is 13.9. The second-order valence-electron chi connectivity index (χ2n) is 17.2. The summed E-state index contributed by atoms with van der Waals surface area (Å²) in [6, 6.07) is 21.5. The number of hydrogen-bond donors (Lipinski definition) is 4. The maximum Gasteiger partial charge on any atom is 0.270 e. The van der Waals surface area contributed by atoms with Crippen molar-refractivity contribution in [2.75, 3.05) is 43.4 Å². The minimum Gasteiger partial charge on any atom is -0.374 e. The molecule has 16 nitrogen and oxygen atoms in total. The van der Waals surface area contributed by atoms with Crippen LogP contribution >= 0.6 is 11.3 Å². The van der Waals surface area contributed by atoms with Crippen molar-refractivity contribution in [3.05, 3.63) is 142 Å². The first-order chi connectivity index (χ1) is 33.2. The van der Waals surface area contributed by atoms with Gasteiger partial charge in [0, 0.05) is 71.9 Å². The van der Waals surface area contributed by atoms with Crippen LogP contribution in [0.25, 0.3) is 5.70 Å². The molecule has 68 heavy (non-hydrogen) atoms. The van der Waals surface area contributed by atoms with Gasteiger partial charge in [-0.25, -0.2) is 19.6 Å². The summed E-state index contributed by atoms with van der Waals surface area (Å²) in [5, 5.41) is 14.1. The number of piperidine rings is 3. The highest BCUT2D eigenvalue weighted by atomic mass is 32.1. The number of likely N-dealkylation sites (tertiary alicyclic amines) is 2. The van der Waals surface area contributed by atoms with E-state index in [-0.39, 0.29) is 53.3 Å². The number of rotatable bonds is 12. The minimum atomic E-state index is -0.694. The van der Waals surface area contributed by atoms with E-state index >= 15 is 0 Å². The maximum absolute atomic E-state index is 13.3. The van der Waals surface area contributed by atoms with Crippen molar-refractivity contribution in [3.63, 3.8) is 0 Å². The lowest BCUT2D eigenvalue weighted by Crippen LogP contribution is -2.49. The molecule has 3 fully saturated rings. The molecule has 0 spiro atoms. The molecule has 4 aliphatic rings. The van der Waals surface area contributed by atoms with Gasteiger partial charge >= 0.3 is 0 Å². The van der Waals surface area contributed by atoms with Gasteiger partial charge in [0.15, 0.2) is 11.1 Å². The van der Waals surface area contributed by atoms with Crippen LogP contribution in [-0.4, -0.2) is 110 Å². The van der Waals surface area contributed by atoms with Gasteiger partial charge in [-0.15, -0.1) is 11.3 Å². The lowest BCUT2D eigenvalue weighted by Gasteiger charge is -2.36. The van der Waals surface area contributed by atoms with Crippen molar-refractivity contribution in [3.8, 4) is 11.8 Å². The molecule has 0 saturated carbocycles. The van der Waals surface area contributed by atoms with Crippen LogP contribution in [0.2, 0.25) is 0 Å². The number of nitrogens with one attached hydrogen (secondary N) is 4. The first kappa shape index (κ1) is 45.4. The molecular weight excluding hydrogens is 881 g/mol. The lowest BCUT2D eigenvalue weighted by molar-refractivity contribution is -0.134. The number of hydrogen-bond acceptors (Lipinski definition) is 14. The molecule has 2 unspecified atom stereocenters. The molecule has 9 rings (SSSR count). The van der Waals surface area contributed by atoms with Gasteiger partial charge in [0.25, 0.3) is 5.91 Å². The Morgan fingerprint density at radius 2 is 1.62 bits per heavy atom. The number of nitrogens with zero attached hydrogens (tertiary/aromatic N) is 6. The molecule has 344 valence electrons. The van der Waals surface area contributed by atoms with Crippen molar-refractivity contribution in [2.45, 2.75) is 69.1 Å². The summed E-state index contributed by atoms with van der Waals surface area (Å²) in [6.07, 6.45) is 8.80. The summed E-state index contributed by atoms with van der Waals surface area (Å²) >= 11 is 1.34. The van der Waals surface area contributed by atoms with Crippen molar-refractivity contribution in [1.82, 2.24) is 40.3 Å². The lowest BCUT2D eigenvalue weighted by atomic mass is 9.89. The molecule has 0 aliphatic carbocycles. The molecule has 2 atom stereocenters. The standard InChI is InChI=1S/C51H48N10O6S/c62-31-44(57-51-52-20-25-68-51)48(37-4-2-1-3-5-37)61-29-43-40(45(61)32-63)26-34(28-54-43)7-6-33-8-13-41(53-27-33)49(66)56-39-18-23-60(24-19-39)47(65)30-59-21-16-36(17-22-59)35-9-11-38(12-10-35)55-42-14-15-46(64)58-50(42)67/h1-5,8-13,20,25-28,36,39,42,48,55H,14-19,21-24,29-30H2,(H,52,57)(H,56,66)(H,58,64,67). The minimum absolute atomic E-state index is 0.0824. The van der Waals surface area contributed by atoms with Crippen LogP contribution in [0.15, 0.2) is 102 Å². The zero-order valence-electron chi connectivity index (χ0n) is 37.1. The molecule has 4 N–H and O–H groups in total. The average molecular weight is 929 g/mol. The van der Waals surface area contributed by atoms with E-state index in [0.29, 0.717) is 78.8 Å². The smallest absolute Gasteiger partial charge is 0.270 e. The highest BCUT2D eigenvalue weighted by Gasteiger charge is 2.36. The second-order valence-corrected chi connectivity index (χ2v) is 18.1. The number of amides is 4. The van der Waals surface area contributed by atoms with E-state index in [0.717, 1.165) is 37.2 Å². The summed E-state index contributed by atoms with van der Waals surface area (Å²) in [7, 11) is 0. The van der Waals surface area contributed by atoms with Crippen LogP contribution in [0, 0.1) is 11.8 Å². The van der Waals surface area contributed by atoms with Crippen molar-refractivity contribution in [1.29, 1.82) is 0 Å². The highest BCUT2D eigenvalue weighted by molar-refractivity contribution is 7.13. The quantitative estimate of drug-likeness (QED) is 0.0764. The fourth-order valence-corrected chi connectivity index (χ4v) is 9.73. The molecule has 4 amide bonds. The van der Waals surface area contributed by atoms with E-state index in [2.05, 4.69) is 71.0 Å². The van der Waals surface area contributed by atoms with E-state index < -0.39 is 12.1 Å². The summed E-state index contributed by atoms with van der Waals surface area (Å²) in [5.41, 5.74) is 5.89. The van der Waals surface area contributed by atoms with E-state index in [1.807, 2.05) is 53.3 Å². The Bertz CT molecular complexity index is 2840. The molecule has 7 heterocycles. The Hall–Kier alpha value is -7.73. The van der Waals surface area contributed by atoms with Gasteiger partial charge in [0.1, 0.15) is 35.1 Å². The van der Waals surface area contributed by atoms with Crippen LogP contribution in [0.1, 0.15) is 94.5 Å². The second kappa shape index (κ2) is 20.8. The third-order valence-corrected chi connectivity index (χ3v) is 13.5. The number of carbonyl (C=O) groups excluding carboxylic acids is 6. The molecule has 0 bridgehead atoms. The number of carbonyl (C=O) groups is 4. The van der Waals surface area contributed by atoms with Crippen LogP contribution in [0.5, 0.6) is 0 Å². The van der Waals surface area contributed by atoms with Gasteiger partial charge in [-0.1, -0.05) is 54.3 Å². The van der Waals surface area contributed by atoms with Crippen molar-refractivity contribution < 1.29 is 28.8 Å². The first-order valence-corrected chi connectivity index (χ1v) is 23.6. The third-order valence-electron chi connectivity index (χ3n) is 12.9. The fourth-order valence-electron chi connectivity index (χ4n) is 9.19. The molecule has 4 aliphatic heterocycles. The van der Waals surface area contributed by atoms with Gasteiger partial charge in [0.2, 0.25) is 17.7 Å². The number of imide groups is 1. The average Bonchev–Trinajstić information content (AvgIpc) is 4.02. The molecule has 3 saturated heterocycles. The van der Waals surface area contributed by atoms with Gasteiger partial charge in [-0.3, -0.25) is 34.4 Å². The summed E-state index contributed by atoms with van der Waals surface area (Å²) in [4.78, 5) is 94.2. The Morgan fingerprint density at radius 1 is 0.853 bits per heavy atom. The first-order valence-electron chi connectivity index (χ1n) is 22.7. The molecular formula is C51H48N10O6S. The number of pyridine rings is 2. The number of thiazole rings is 1. The largest absolute Gasteiger partial charge is 0.374 e. The van der Waals surface area contributed by atoms with E-state index in [1.54, 1.807) is 40.9 Å². The fraction of sp³-hybridized carbons (Fsp3) is 0.314. The van der Waals surface area contributed by atoms with E-state index in [1.165, 1.54) is 23.1 Å². The van der Waals surface area contributed by atoms with E-state index in [9.17, 15) is 28.8 Å². The predicted octanol–water partition coefficient (Wildman–Crippen LogP) is 4.71. The van der Waals surface area contributed by atoms with Gasteiger partial charge in [-0.05, 0) is 92.6 Å². The Morgan fingerprint density at radius 3 is 2.31 bits per heavy atom. The molecule has 0 radical (unpaired) electrons. The van der Waals surface area contributed by atoms with Gasteiger partial charge in [-0.2, -0.15) is 0 Å². The summed E-state index contributed by atoms with van der Waals surface area (Å²) in [6.45, 7) is 3.41. The van der Waals surface area contributed by atoms with Gasteiger partial charge in [0.05, 0.1) is 18.8 Å². The topological polar surface area (TPSA) is 199 Å². The van der Waals surface area contributed by atoms with Crippen molar-refractivity contribution in [2.24, 2.45) is 0 Å². The van der Waals surface area contributed by atoms with Crippen molar-refractivity contribution >= 4 is 63.4 Å². The molecule has 2 aromatic carbocycles. The Labute approximate surface area is 396 Å². The zero-order valence-corrected chi connectivity index (χ0v) is 37.9. The number of fused-ring (bicyclic) bond motifs is 1. The SMILES string of the molecule is O=C=C(Nc1nccs1)C(c1ccccc1)N1Cc2ncc(C#Cc3ccc(C(=O)NC4CCN(C(=O)CN5CCC(c6ccc(NC7CCC(=O)NC7=O)cc6)CC5)CC4)nc3)cc2C1=C=O. The third kappa shape index (κ3) is 10.6. The predicted molar refractivity (Wildman–Crippen MR) is 255 cm³/mol. The molecule has 5 aromatic rings. The number of anilines is 2. The van der Waals surface area contributed by atoms with Crippen LogP contribution in [0.4, 0.5) is 10.8 Å². The number of benzene rings is 2. The zero-order chi connectivity index (χ0) is 47.0. The van der Waals surface area contributed by atoms with E-state index in [4.69, 9.17) is 0 Å². The van der Waals surface area contributed by atoms with Crippen LogP contribution < -0.4 is 21.3 Å². The van der Waals surface area contributed by atoms with Crippen LogP contribution in [0.3, 0.4) is 0 Å². The Balaban J connectivity index is 0.730. The molecule has 17 heteroatoms. The summed E-state index contributed by atoms with van der Waals surface area (Å²) in [5.74, 6) is 9.97. The normalized spacial score (nSPS) is 18.0. The van der Waals surface area contributed by atoms with Crippen LogP contribution in [-0.2, 0) is 30.5 Å². The maximum atomic E-state index is 13.3.